The van der Waals surface area contributed by atoms with E-state index in [-0.39, 0.29) is 36.7 Å². The molecule has 0 radical (unpaired) electrons. The Morgan fingerprint density at radius 2 is 1.75 bits per heavy atom. The highest BCUT2D eigenvalue weighted by Gasteiger charge is 2.25. The summed E-state index contributed by atoms with van der Waals surface area (Å²) in [6.45, 7) is 3.45. The van der Waals surface area contributed by atoms with E-state index in [4.69, 9.17) is 10.5 Å². The first kappa shape index (κ1) is 21.9. The van der Waals surface area contributed by atoms with Crippen LogP contribution in [0.4, 0.5) is 0 Å². The first-order valence-corrected chi connectivity index (χ1v) is 9.40. The zero-order valence-electron chi connectivity index (χ0n) is 16.0. The number of nitrogens with two attached hydrogens (primary N) is 1. The number of halogens is 1. The van der Waals surface area contributed by atoms with Crippen molar-refractivity contribution in [3.05, 3.63) is 65.7 Å². The largest absolute Gasteiger partial charge is 0.484 e. The van der Waals surface area contributed by atoms with Gasteiger partial charge in [-0.15, -0.1) is 12.4 Å². The van der Waals surface area contributed by atoms with Gasteiger partial charge in [-0.25, -0.2) is 0 Å². The summed E-state index contributed by atoms with van der Waals surface area (Å²) in [6, 6.07) is 16.1. The molecule has 1 aliphatic rings. The summed E-state index contributed by atoms with van der Waals surface area (Å²) >= 11 is 0. The molecule has 150 valence electrons. The monoisotopic (exact) mass is 402 g/mol. The van der Waals surface area contributed by atoms with E-state index in [1.807, 2.05) is 30.0 Å². The Morgan fingerprint density at radius 1 is 1.11 bits per heavy atom. The number of amides is 1. The van der Waals surface area contributed by atoms with Crippen LogP contribution in [0.15, 0.2) is 54.6 Å². The van der Waals surface area contributed by atoms with Crippen molar-refractivity contribution >= 4 is 24.1 Å². The predicted octanol–water partition coefficient (Wildman–Crippen LogP) is 3.30. The van der Waals surface area contributed by atoms with Crippen LogP contribution >= 0.6 is 12.4 Å². The van der Waals surface area contributed by atoms with Gasteiger partial charge in [-0.1, -0.05) is 30.3 Å². The van der Waals surface area contributed by atoms with Crippen molar-refractivity contribution in [3.63, 3.8) is 0 Å². The van der Waals surface area contributed by atoms with Crippen LogP contribution in [0.2, 0.25) is 0 Å². The average Bonchev–Trinajstić information content (AvgIpc) is 2.72. The standard InChI is InChI=1S/C22H26N2O3.ClH/c1-16(23)19-8-5-13-24(14-19)21(25)15-27-20-11-9-18(10-12-20)22(26)17-6-3-2-4-7-17;/h2-4,6-7,9-12,16,19H,5,8,13-15,23H2,1H3;1H. The minimum atomic E-state index is -0.0338. The molecule has 5 nitrogen and oxygen atoms in total. The minimum absolute atomic E-state index is 0. The molecule has 0 aliphatic carbocycles. The van der Waals surface area contributed by atoms with Gasteiger partial charge in [0.2, 0.25) is 0 Å². The molecule has 2 atom stereocenters. The Balaban J connectivity index is 0.00000280. The minimum Gasteiger partial charge on any atom is -0.484 e. The second-order valence-corrected chi connectivity index (χ2v) is 7.11. The molecule has 0 saturated carbocycles. The van der Waals surface area contributed by atoms with E-state index >= 15 is 0 Å². The van der Waals surface area contributed by atoms with Gasteiger partial charge in [-0.05, 0) is 49.9 Å². The van der Waals surface area contributed by atoms with E-state index in [2.05, 4.69) is 0 Å². The van der Waals surface area contributed by atoms with Crippen LogP contribution < -0.4 is 10.5 Å². The fourth-order valence-electron chi connectivity index (χ4n) is 3.36. The third kappa shape index (κ3) is 5.57. The molecule has 1 aliphatic heterocycles. The van der Waals surface area contributed by atoms with Gasteiger partial charge in [0.15, 0.2) is 12.4 Å². The van der Waals surface area contributed by atoms with Crippen molar-refractivity contribution in [3.8, 4) is 5.75 Å². The molecule has 1 saturated heterocycles. The summed E-state index contributed by atoms with van der Waals surface area (Å²) in [6.07, 6.45) is 2.05. The molecule has 2 unspecified atom stereocenters. The fraction of sp³-hybridized carbons (Fsp3) is 0.364. The number of nitrogens with zero attached hydrogens (tertiary/aromatic N) is 1. The Hall–Kier alpha value is -2.37. The van der Waals surface area contributed by atoms with Crippen molar-refractivity contribution in [2.45, 2.75) is 25.8 Å². The predicted molar refractivity (Wildman–Crippen MR) is 112 cm³/mol. The lowest BCUT2D eigenvalue weighted by Gasteiger charge is -2.34. The first-order valence-electron chi connectivity index (χ1n) is 9.40. The molecule has 0 aromatic heterocycles. The smallest absolute Gasteiger partial charge is 0.260 e. The highest BCUT2D eigenvalue weighted by atomic mass is 35.5. The van der Waals surface area contributed by atoms with Crippen LogP contribution in [0.3, 0.4) is 0 Å². The summed E-state index contributed by atoms with van der Waals surface area (Å²) in [5.74, 6) is 0.873. The number of hydrogen-bond donors (Lipinski definition) is 1. The van der Waals surface area contributed by atoms with Crippen LogP contribution in [0, 0.1) is 5.92 Å². The van der Waals surface area contributed by atoms with Gasteiger partial charge in [0.1, 0.15) is 5.75 Å². The van der Waals surface area contributed by atoms with Gasteiger partial charge < -0.3 is 15.4 Å². The van der Waals surface area contributed by atoms with Crippen LogP contribution in [-0.2, 0) is 4.79 Å². The van der Waals surface area contributed by atoms with E-state index < -0.39 is 0 Å². The lowest BCUT2D eigenvalue weighted by Crippen LogP contribution is -2.46. The van der Waals surface area contributed by atoms with Crippen LogP contribution in [0.1, 0.15) is 35.7 Å². The topological polar surface area (TPSA) is 72.6 Å². The number of piperidine rings is 1. The Kier molecular flexibility index (Phi) is 8.03. The van der Waals surface area contributed by atoms with Gasteiger partial charge in [-0.2, -0.15) is 0 Å². The fourth-order valence-corrected chi connectivity index (χ4v) is 3.36. The highest BCUT2D eigenvalue weighted by molar-refractivity contribution is 6.08. The summed E-state index contributed by atoms with van der Waals surface area (Å²) in [7, 11) is 0. The quantitative estimate of drug-likeness (QED) is 0.752. The molecule has 1 fully saturated rings. The SMILES string of the molecule is CC(N)C1CCCN(C(=O)COc2ccc(C(=O)c3ccccc3)cc2)C1.Cl. The number of carbonyl (C=O) groups excluding carboxylic acids is 2. The lowest BCUT2D eigenvalue weighted by atomic mass is 9.92. The van der Waals surface area contributed by atoms with Crippen molar-refractivity contribution < 1.29 is 14.3 Å². The van der Waals surface area contributed by atoms with Gasteiger partial charge in [0.25, 0.3) is 5.91 Å². The zero-order chi connectivity index (χ0) is 19.2. The molecule has 1 heterocycles. The van der Waals surface area contributed by atoms with Crippen molar-refractivity contribution in [1.82, 2.24) is 4.90 Å². The number of rotatable bonds is 6. The van der Waals surface area contributed by atoms with Crippen LogP contribution in [-0.4, -0.2) is 42.3 Å². The summed E-state index contributed by atoms with van der Waals surface area (Å²) in [5, 5.41) is 0. The molecule has 28 heavy (non-hydrogen) atoms. The molecular formula is C22H27ClN2O3. The first-order chi connectivity index (χ1) is 13.0. The molecular weight excluding hydrogens is 376 g/mol. The normalized spacial score (nSPS) is 17.4. The highest BCUT2D eigenvalue weighted by Crippen LogP contribution is 2.20. The Bertz CT molecular complexity index is 778. The number of ether oxygens (including phenoxy) is 1. The number of hydrogen-bond acceptors (Lipinski definition) is 4. The molecule has 1 amide bonds. The maximum Gasteiger partial charge on any atom is 0.260 e. The number of likely N-dealkylation sites (tertiary alicyclic amines) is 1. The lowest BCUT2D eigenvalue weighted by molar-refractivity contribution is -0.135. The molecule has 3 rings (SSSR count). The van der Waals surface area contributed by atoms with Crippen molar-refractivity contribution in [2.24, 2.45) is 11.7 Å². The Morgan fingerprint density at radius 3 is 2.39 bits per heavy atom. The van der Waals surface area contributed by atoms with Crippen LogP contribution in [0.5, 0.6) is 5.75 Å². The third-order valence-corrected chi connectivity index (χ3v) is 5.07. The van der Waals surface area contributed by atoms with Crippen LogP contribution in [0.25, 0.3) is 0 Å². The molecule has 2 aromatic carbocycles. The van der Waals surface area contributed by atoms with E-state index in [0.717, 1.165) is 19.4 Å². The molecule has 0 bridgehead atoms. The third-order valence-electron chi connectivity index (χ3n) is 5.07. The van der Waals surface area contributed by atoms with Gasteiger partial charge >= 0.3 is 0 Å². The van der Waals surface area contributed by atoms with E-state index in [1.165, 1.54) is 0 Å². The molecule has 0 spiro atoms. The van der Waals surface area contributed by atoms with Crippen molar-refractivity contribution in [1.29, 1.82) is 0 Å². The number of ketones is 1. The van der Waals surface area contributed by atoms with Gasteiger partial charge in [-0.3, -0.25) is 9.59 Å². The maximum atomic E-state index is 12.4. The maximum absolute atomic E-state index is 12.4. The summed E-state index contributed by atoms with van der Waals surface area (Å²) in [5.41, 5.74) is 7.22. The zero-order valence-corrected chi connectivity index (χ0v) is 16.9. The molecule has 2 aromatic rings. The van der Waals surface area contributed by atoms with E-state index in [1.54, 1.807) is 36.4 Å². The van der Waals surface area contributed by atoms with Gasteiger partial charge in [0.05, 0.1) is 0 Å². The summed E-state index contributed by atoms with van der Waals surface area (Å²) in [4.78, 5) is 26.6. The Labute approximate surface area is 172 Å². The average molecular weight is 403 g/mol. The number of carbonyl (C=O) groups is 2. The van der Waals surface area contributed by atoms with E-state index in [9.17, 15) is 9.59 Å². The molecule has 2 N–H and O–H groups in total. The second-order valence-electron chi connectivity index (χ2n) is 7.11. The second kappa shape index (κ2) is 10.2. The van der Waals surface area contributed by atoms with E-state index in [0.29, 0.717) is 29.3 Å². The van der Waals surface area contributed by atoms with Crippen molar-refractivity contribution in [2.75, 3.05) is 19.7 Å². The summed E-state index contributed by atoms with van der Waals surface area (Å²) < 4.78 is 5.62. The number of benzene rings is 2. The van der Waals surface area contributed by atoms with Gasteiger partial charge in [0, 0.05) is 30.3 Å². The molecule has 6 heteroatoms.